The molecule has 0 aliphatic heterocycles. The molecule has 0 aliphatic carbocycles. The molecule has 8 nitrogen and oxygen atoms in total. The van der Waals surface area contributed by atoms with Gasteiger partial charge in [0.05, 0.1) is 31.3 Å². The molecule has 9 heteroatoms. The van der Waals surface area contributed by atoms with Crippen LogP contribution in [0.3, 0.4) is 0 Å². The predicted molar refractivity (Wildman–Crippen MR) is 113 cm³/mol. The highest BCUT2D eigenvalue weighted by atomic mass is 32.2. The van der Waals surface area contributed by atoms with Crippen LogP contribution in [-0.2, 0) is 14.9 Å². The molecule has 164 valence electrons. The van der Waals surface area contributed by atoms with E-state index in [1.165, 1.54) is 38.4 Å². The zero-order chi connectivity index (χ0) is 22.5. The molecule has 0 saturated heterocycles. The molecule has 1 N–H and O–H groups in total. The number of nitrogens with zero attached hydrogens (tertiary/aromatic N) is 1. The third kappa shape index (κ3) is 5.50. The maximum Gasteiger partial charge on any atom is 0.264 e. The highest BCUT2D eigenvalue weighted by Crippen LogP contribution is 2.31. The second-order valence-corrected chi connectivity index (χ2v) is 8.83. The summed E-state index contributed by atoms with van der Waals surface area (Å²) >= 11 is 0. The molecule has 2 aromatic carbocycles. The van der Waals surface area contributed by atoms with E-state index in [1.54, 1.807) is 7.11 Å². The number of amides is 1. The first-order valence-corrected chi connectivity index (χ1v) is 10.8. The van der Waals surface area contributed by atoms with Crippen molar-refractivity contribution in [2.75, 3.05) is 21.3 Å². The van der Waals surface area contributed by atoms with Gasteiger partial charge in [-0.05, 0) is 62.7 Å². The van der Waals surface area contributed by atoms with Crippen LogP contribution in [0.4, 0.5) is 0 Å². The average Bonchev–Trinajstić information content (AvgIpc) is 2.72. The van der Waals surface area contributed by atoms with Crippen LogP contribution in [0.1, 0.15) is 42.7 Å². The first-order chi connectivity index (χ1) is 14.1. The largest absolute Gasteiger partial charge is 0.493 e. The summed E-state index contributed by atoms with van der Waals surface area (Å²) in [6.45, 7) is 5.71. The van der Waals surface area contributed by atoms with Gasteiger partial charge in [0.15, 0.2) is 11.5 Å². The van der Waals surface area contributed by atoms with Gasteiger partial charge in [0.25, 0.3) is 15.9 Å². The zero-order valence-corrected chi connectivity index (χ0v) is 18.8. The number of hydroxylamine groups is 1. The van der Waals surface area contributed by atoms with Gasteiger partial charge in [-0.1, -0.05) is 10.5 Å². The Labute approximate surface area is 177 Å². The van der Waals surface area contributed by atoms with Gasteiger partial charge in [0.1, 0.15) is 0 Å². The molecule has 0 heterocycles. The summed E-state index contributed by atoms with van der Waals surface area (Å²) in [5.41, 5.74) is 1.19. The predicted octanol–water partition coefficient (Wildman–Crippen LogP) is 3.16. The first-order valence-electron chi connectivity index (χ1n) is 9.38. The Kier molecular flexibility index (Phi) is 7.83. The molecule has 0 aromatic heterocycles. The summed E-state index contributed by atoms with van der Waals surface area (Å²) in [7, 11) is 0.353. The van der Waals surface area contributed by atoms with Crippen LogP contribution in [-0.4, -0.2) is 46.2 Å². The number of benzene rings is 2. The Balaban J connectivity index is 2.14. The molecule has 2 rings (SSSR count). The standard InChI is InChI=1S/C21H28N2O6S/c1-14(2)29-19-12-9-17(13-20(19)27-5)15(3)22-21(24)16-7-10-18(11-8-16)30(25,26)23(4)28-6/h7-15H,1-6H3,(H,22,24). The SMILES string of the molecule is COc1cc(C(C)NC(=O)c2ccc(S(=O)(=O)N(C)OC)cc2)ccc1OC(C)C. The lowest BCUT2D eigenvalue weighted by Gasteiger charge is -2.18. The fourth-order valence-corrected chi connectivity index (χ4v) is 3.67. The number of methoxy groups -OCH3 is 1. The van der Waals surface area contributed by atoms with E-state index in [0.29, 0.717) is 17.1 Å². The van der Waals surface area contributed by atoms with Crippen molar-refractivity contribution in [3.05, 3.63) is 53.6 Å². The quantitative estimate of drug-likeness (QED) is 0.607. The normalized spacial score (nSPS) is 12.7. The Morgan fingerprint density at radius 3 is 2.17 bits per heavy atom. The van der Waals surface area contributed by atoms with Crippen molar-refractivity contribution in [3.63, 3.8) is 0 Å². The number of rotatable bonds is 9. The van der Waals surface area contributed by atoms with Crippen LogP contribution >= 0.6 is 0 Å². The number of nitrogens with one attached hydrogen (secondary N) is 1. The van der Waals surface area contributed by atoms with Crippen LogP contribution in [0.5, 0.6) is 11.5 Å². The lowest BCUT2D eigenvalue weighted by Crippen LogP contribution is -2.27. The summed E-state index contributed by atoms with van der Waals surface area (Å²) < 4.78 is 36.3. The number of sulfonamides is 1. The molecule has 1 atom stereocenters. The van der Waals surface area contributed by atoms with Crippen molar-refractivity contribution in [3.8, 4) is 11.5 Å². The monoisotopic (exact) mass is 436 g/mol. The van der Waals surface area contributed by atoms with Crippen LogP contribution in [0.25, 0.3) is 0 Å². The van der Waals surface area contributed by atoms with Gasteiger partial charge in [-0.15, -0.1) is 0 Å². The zero-order valence-electron chi connectivity index (χ0n) is 18.0. The highest BCUT2D eigenvalue weighted by molar-refractivity contribution is 7.89. The molecule has 0 spiro atoms. The second kappa shape index (κ2) is 9.92. The lowest BCUT2D eigenvalue weighted by atomic mass is 10.1. The molecule has 0 saturated carbocycles. The molecule has 1 unspecified atom stereocenters. The number of hydrogen-bond acceptors (Lipinski definition) is 6. The van der Waals surface area contributed by atoms with Crippen molar-refractivity contribution in [1.29, 1.82) is 0 Å². The summed E-state index contributed by atoms with van der Waals surface area (Å²) in [5, 5.41) is 2.90. The summed E-state index contributed by atoms with van der Waals surface area (Å²) in [6.07, 6.45) is 0.0114. The number of carbonyl (C=O) groups is 1. The third-order valence-corrected chi connectivity index (χ3v) is 6.10. The van der Waals surface area contributed by atoms with Gasteiger partial charge in [0, 0.05) is 12.6 Å². The van der Waals surface area contributed by atoms with Crippen LogP contribution in [0.2, 0.25) is 0 Å². The van der Waals surface area contributed by atoms with Crippen molar-refractivity contribution < 1.29 is 27.5 Å². The van der Waals surface area contributed by atoms with E-state index >= 15 is 0 Å². The first kappa shape index (κ1) is 23.7. The molecule has 0 bridgehead atoms. The lowest BCUT2D eigenvalue weighted by molar-refractivity contribution is -0.0258. The van der Waals surface area contributed by atoms with Crippen LogP contribution in [0, 0.1) is 0 Å². The fraction of sp³-hybridized carbons (Fsp3) is 0.381. The van der Waals surface area contributed by atoms with Gasteiger partial charge < -0.3 is 14.8 Å². The van der Waals surface area contributed by atoms with E-state index in [2.05, 4.69) is 5.32 Å². The maximum atomic E-state index is 12.6. The number of carbonyl (C=O) groups excluding carboxylic acids is 1. The molecule has 30 heavy (non-hydrogen) atoms. The molecular formula is C21H28N2O6S. The summed E-state index contributed by atoms with van der Waals surface area (Å²) in [4.78, 5) is 17.4. The van der Waals surface area contributed by atoms with Gasteiger partial charge in [-0.2, -0.15) is 0 Å². The number of hydrogen-bond donors (Lipinski definition) is 1. The highest BCUT2D eigenvalue weighted by Gasteiger charge is 2.21. The molecule has 1 amide bonds. The molecule has 0 radical (unpaired) electrons. The van der Waals surface area contributed by atoms with Gasteiger partial charge in [-0.25, -0.2) is 8.42 Å². The van der Waals surface area contributed by atoms with Crippen LogP contribution in [0.15, 0.2) is 47.4 Å². The van der Waals surface area contributed by atoms with E-state index in [-0.39, 0.29) is 22.9 Å². The minimum absolute atomic E-state index is 0.0114. The smallest absolute Gasteiger partial charge is 0.264 e. The second-order valence-electron chi connectivity index (χ2n) is 6.89. The molecule has 2 aromatic rings. The summed E-state index contributed by atoms with van der Waals surface area (Å²) in [6, 6.07) is 10.8. The van der Waals surface area contributed by atoms with E-state index in [1.807, 2.05) is 39.0 Å². The Morgan fingerprint density at radius 2 is 1.63 bits per heavy atom. The van der Waals surface area contributed by atoms with E-state index in [0.717, 1.165) is 10.0 Å². The van der Waals surface area contributed by atoms with Gasteiger partial charge in [-0.3, -0.25) is 9.63 Å². The molecule has 0 fully saturated rings. The van der Waals surface area contributed by atoms with E-state index in [4.69, 9.17) is 14.3 Å². The average molecular weight is 437 g/mol. The Bertz CT molecular complexity index is 973. The van der Waals surface area contributed by atoms with Crippen molar-refractivity contribution in [2.45, 2.75) is 37.8 Å². The Hall–Kier alpha value is -2.62. The molecule has 0 aliphatic rings. The maximum absolute atomic E-state index is 12.6. The van der Waals surface area contributed by atoms with Crippen molar-refractivity contribution >= 4 is 15.9 Å². The summed E-state index contributed by atoms with van der Waals surface area (Å²) in [5.74, 6) is 0.889. The minimum atomic E-state index is -3.76. The minimum Gasteiger partial charge on any atom is -0.493 e. The fourth-order valence-electron chi connectivity index (χ4n) is 2.69. The van der Waals surface area contributed by atoms with Gasteiger partial charge in [0.2, 0.25) is 0 Å². The number of ether oxygens (including phenoxy) is 2. The van der Waals surface area contributed by atoms with E-state index < -0.39 is 10.0 Å². The molecular weight excluding hydrogens is 408 g/mol. The topological polar surface area (TPSA) is 94.2 Å². The Morgan fingerprint density at radius 1 is 1.00 bits per heavy atom. The van der Waals surface area contributed by atoms with Gasteiger partial charge >= 0.3 is 0 Å². The van der Waals surface area contributed by atoms with Crippen LogP contribution < -0.4 is 14.8 Å². The third-order valence-electron chi connectivity index (χ3n) is 4.41. The van der Waals surface area contributed by atoms with Crippen molar-refractivity contribution in [1.82, 2.24) is 9.79 Å². The van der Waals surface area contributed by atoms with E-state index in [9.17, 15) is 13.2 Å². The van der Waals surface area contributed by atoms with Crippen molar-refractivity contribution in [2.24, 2.45) is 0 Å².